The quantitative estimate of drug-likeness (QED) is 0.908. The lowest BCUT2D eigenvalue weighted by molar-refractivity contribution is -0.137. The van der Waals surface area contributed by atoms with Gasteiger partial charge in [-0.25, -0.2) is 9.97 Å². The van der Waals surface area contributed by atoms with E-state index in [4.69, 9.17) is 10.7 Å². The van der Waals surface area contributed by atoms with Gasteiger partial charge in [0.2, 0.25) is 5.91 Å². The molecule has 2 atom stereocenters. The maximum Gasteiger partial charge on any atom is 0.225 e. The predicted molar refractivity (Wildman–Crippen MR) is 99.6 cm³/mol. The highest BCUT2D eigenvalue weighted by molar-refractivity contribution is 5.79. The summed E-state index contributed by atoms with van der Waals surface area (Å²) in [6.07, 6.45) is 3.98. The number of nitrogens with two attached hydrogens (primary N) is 1. The maximum atomic E-state index is 12.8. The van der Waals surface area contributed by atoms with Crippen LogP contribution in [0.1, 0.15) is 57.0 Å². The second-order valence-corrected chi connectivity index (χ2v) is 7.82. The van der Waals surface area contributed by atoms with Gasteiger partial charge in [-0.05, 0) is 26.2 Å². The summed E-state index contributed by atoms with van der Waals surface area (Å²) in [5, 5.41) is 0. The molecule has 1 aromatic heterocycles. The van der Waals surface area contributed by atoms with E-state index in [0.717, 1.165) is 69.2 Å². The molecule has 1 aromatic rings. The van der Waals surface area contributed by atoms with Gasteiger partial charge in [-0.2, -0.15) is 0 Å². The third-order valence-electron chi connectivity index (χ3n) is 5.35. The number of rotatable bonds is 3. The Hall–Kier alpha value is -1.69. The van der Waals surface area contributed by atoms with Gasteiger partial charge in [-0.3, -0.25) is 4.79 Å². The largest absolute Gasteiger partial charge is 0.353 e. The lowest BCUT2D eigenvalue weighted by Crippen LogP contribution is -2.51. The summed E-state index contributed by atoms with van der Waals surface area (Å²) in [7, 11) is 0. The summed E-state index contributed by atoms with van der Waals surface area (Å²) in [5.74, 6) is 2.63. The Morgan fingerprint density at radius 2 is 1.92 bits per heavy atom. The van der Waals surface area contributed by atoms with E-state index in [1.807, 2.05) is 17.9 Å². The van der Waals surface area contributed by atoms with Crippen LogP contribution in [0.4, 0.5) is 5.82 Å². The van der Waals surface area contributed by atoms with Crippen LogP contribution in [0.3, 0.4) is 0 Å². The third-order valence-corrected chi connectivity index (χ3v) is 5.35. The second kappa shape index (κ2) is 7.68. The molecular weight excluding hydrogens is 314 g/mol. The molecule has 25 heavy (non-hydrogen) atoms. The van der Waals surface area contributed by atoms with Crippen molar-refractivity contribution in [2.75, 3.05) is 31.1 Å². The first-order valence-corrected chi connectivity index (χ1v) is 9.59. The minimum Gasteiger partial charge on any atom is -0.353 e. The van der Waals surface area contributed by atoms with Gasteiger partial charge in [0.05, 0.1) is 0 Å². The lowest BCUT2D eigenvalue weighted by atomic mass is 9.85. The molecule has 138 valence electrons. The van der Waals surface area contributed by atoms with Gasteiger partial charge >= 0.3 is 0 Å². The molecule has 2 fully saturated rings. The average molecular weight is 345 g/mol. The standard InChI is InChI=1S/C19H31N5O/c1-13(2)18-21-14(3)11-17(22-18)23-7-9-24(10-8-23)19(25)15-5-4-6-16(20)12-15/h11,13,15-16H,4-10,12,20H2,1-3H3. The zero-order valence-electron chi connectivity index (χ0n) is 15.7. The fraction of sp³-hybridized carbons (Fsp3) is 0.737. The van der Waals surface area contributed by atoms with Crippen LogP contribution >= 0.6 is 0 Å². The lowest BCUT2D eigenvalue weighted by Gasteiger charge is -2.38. The number of carbonyl (C=O) groups is 1. The third kappa shape index (κ3) is 4.29. The first-order valence-electron chi connectivity index (χ1n) is 9.59. The average Bonchev–Trinajstić information content (AvgIpc) is 2.60. The topological polar surface area (TPSA) is 75.3 Å². The molecule has 2 heterocycles. The Bertz CT molecular complexity index is 610. The summed E-state index contributed by atoms with van der Waals surface area (Å²) in [4.78, 5) is 26.3. The zero-order valence-corrected chi connectivity index (χ0v) is 15.7. The molecule has 1 aliphatic carbocycles. The second-order valence-electron chi connectivity index (χ2n) is 7.82. The molecule has 1 saturated heterocycles. The van der Waals surface area contributed by atoms with Crippen molar-refractivity contribution in [2.24, 2.45) is 11.7 Å². The monoisotopic (exact) mass is 345 g/mol. The van der Waals surface area contributed by atoms with E-state index < -0.39 is 0 Å². The van der Waals surface area contributed by atoms with Crippen molar-refractivity contribution in [2.45, 2.75) is 58.4 Å². The summed E-state index contributed by atoms with van der Waals surface area (Å²) >= 11 is 0. The van der Waals surface area contributed by atoms with Crippen LogP contribution in [0, 0.1) is 12.8 Å². The highest BCUT2D eigenvalue weighted by atomic mass is 16.2. The number of hydrogen-bond acceptors (Lipinski definition) is 5. The number of anilines is 1. The van der Waals surface area contributed by atoms with Gasteiger partial charge in [0, 0.05) is 55.8 Å². The summed E-state index contributed by atoms with van der Waals surface area (Å²) in [5.41, 5.74) is 7.05. The van der Waals surface area contributed by atoms with Crippen molar-refractivity contribution in [1.82, 2.24) is 14.9 Å². The van der Waals surface area contributed by atoms with Gasteiger partial charge in [0.15, 0.2) is 0 Å². The fourth-order valence-corrected chi connectivity index (χ4v) is 3.86. The zero-order chi connectivity index (χ0) is 18.0. The van der Waals surface area contributed by atoms with Gasteiger partial charge in [-0.15, -0.1) is 0 Å². The summed E-state index contributed by atoms with van der Waals surface area (Å²) < 4.78 is 0. The van der Waals surface area contributed by atoms with E-state index in [9.17, 15) is 4.79 Å². The Morgan fingerprint density at radius 3 is 2.56 bits per heavy atom. The maximum absolute atomic E-state index is 12.8. The van der Waals surface area contributed by atoms with Crippen LogP contribution in [-0.4, -0.2) is 53.0 Å². The van der Waals surface area contributed by atoms with E-state index in [1.54, 1.807) is 0 Å². The molecule has 0 spiro atoms. The molecule has 0 aromatic carbocycles. The molecule has 2 N–H and O–H groups in total. The minimum atomic E-state index is 0.129. The number of carbonyl (C=O) groups excluding carboxylic acids is 1. The first kappa shape index (κ1) is 18.1. The molecule has 1 aliphatic heterocycles. The smallest absolute Gasteiger partial charge is 0.225 e. The summed E-state index contributed by atoms with van der Waals surface area (Å²) in [6, 6.07) is 2.24. The molecule has 3 rings (SSSR count). The Labute approximate surface area is 150 Å². The molecule has 0 bridgehead atoms. The fourth-order valence-electron chi connectivity index (χ4n) is 3.86. The Kier molecular flexibility index (Phi) is 5.57. The Morgan fingerprint density at radius 1 is 1.20 bits per heavy atom. The van der Waals surface area contributed by atoms with Gasteiger partial charge in [0.25, 0.3) is 0 Å². The van der Waals surface area contributed by atoms with Gasteiger partial charge in [0.1, 0.15) is 11.6 Å². The van der Waals surface area contributed by atoms with Crippen molar-refractivity contribution in [3.05, 3.63) is 17.6 Å². The van der Waals surface area contributed by atoms with E-state index in [2.05, 4.69) is 23.7 Å². The van der Waals surface area contributed by atoms with Crippen LogP contribution < -0.4 is 10.6 Å². The van der Waals surface area contributed by atoms with Gasteiger partial charge in [-0.1, -0.05) is 20.3 Å². The van der Waals surface area contributed by atoms with E-state index in [1.165, 1.54) is 0 Å². The molecule has 1 amide bonds. The molecule has 2 unspecified atom stereocenters. The van der Waals surface area contributed by atoms with Crippen molar-refractivity contribution < 1.29 is 4.79 Å². The number of aryl methyl sites for hydroxylation is 1. The number of piperazine rings is 1. The number of amides is 1. The van der Waals surface area contributed by atoms with E-state index >= 15 is 0 Å². The molecular formula is C19H31N5O. The van der Waals surface area contributed by atoms with Gasteiger partial charge < -0.3 is 15.5 Å². The van der Waals surface area contributed by atoms with Crippen LogP contribution in [0.5, 0.6) is 0 Å². The number of hydrogen-bond donors (Lipinski definition) is 1. The molecule has 6 heteroatoms. The first-order chi connectivity index (χ1) is 11.9. The number of aromatic nitrogens is 2. The highest BCUT2D eigenvalue weighted by Crippen LogP contribution is 2.26. The van der Waals surface area contributed by atoms with Crippen LogP contribution in [-0.2, 0) is 4.79 Å². The minimum absolute atomic E-state index is 0.129. The SMILES string of the molecule is Cc1cc(N2CCN(C(=O)C3CCCC(N)C3)CC2)nc(C(C)C)n1. The highest BCUT2D eigenvalue weighted by Gasteiger charge is 2.31. The van der Waals surface area contributed by atoms with E-state index in [-0.39, 0.29) is 12.0 Å². The molecule has 0 radical (unpaired) electrons. The van der Waals surface area contributed by atoms with Crippen molar-refractivity contribution in [3.63, 3.8) is 0 Å². The van der Waals surface area contributed by atoms with Crippen molar-refractivity contribution in [1.29, 1.82) is 0 Å². The van der Waals surface area contributed by atoms with E-state index in [0.29, 0.717) is 11.8 Å². The Balaban J connectivity index is 1.61. The number of nitrogens with zero attached hydrogens (tertiary/aromatic N) is 4. The molecule has 2 aliphatic rings. The summed E-state index contributed by atoms with van der Waals surface area (Å²) in [6.45, 7) is 9.45. The van der Waals surface area contributed by atoms with Crippen LogP contribution in [0.25, 0.3) is 0 Å². The normalized spacial score (nSPS) is 24.7. The molecule has 6 nitrogen and oxygen atoms in total. The van der Waals surface area contributed by atoms with Crippen molar-refractivity contribution >= 4 is 11.7 Å². The van der Waals surface area contributed by atoms with Crippen molar-refractivity contribution in [3.8, 4) is 0 Å². The predicted octanol–water partition coefficient (Wildman–Crippen LogP) is 2.07. The van der Waals surface area contributed by atoms with Crippen LogP contribution in [0.15, 0.2) is 6.07 Å². The van der Waals surface area contributed by atoms with Crippen LogP contribution in [0.2, 0.25) is 0 Å². The molecule has 1 saturated carbocycles.